The van der Waals surface area contributed by atoms with E-state index < -0.39 is 11.9 Å². The van der Waals surface area contributed by atoms with Crippen molar-refractivity contribution in [1.82, 2.24) is 4.90 Å². The van der Waals surface area contributed by atoms with E-state index >= 15 is 0 Å². The van der Waals surface area contributed by atoms with Gasteiger partial charge in [-0.15, -0.1) is 0 Å². The molecular weight excluding hydrogens is 723 g/mol. The summed E-state index contributed by atoms with van der Waals surface area (Å²) in [6.07, 6.45) is 3.55. The second-order valence-corrected chi connectivity index (χ2v) is 15.0. The van der Waals surface area contributed by atoms with Crippen molar-refractivity contribution in [2.45, 2.75) is 34.8 Å². The third-order valence-electron chi connectivity index (χ3n) is 10.6. The molecule has 12 heteroatoms. The van der Waals surface area contributed by atoms with E-state index in [9.17, 15) is 9.59 Å². The first kappa shape index (κ1) is 36.7. The molecule has 4 aromatic carbocycles. The molecule has 6 aliphatic rings. The van der Waals surface area contributed by atoms with Crippen LogP contribution in [-0.4, -0.2) is 74.0 Å². The fraction of sp³-hybridized carbons (Fsp3) is 0.302. The second kappa shape index (κ2) is 16.2. The first-order chi connectivity index (χ1) is 26.8. The van der Waals surface area contributed by atoms with Crippen LogP contribution < -0.4 is 18.9 Å². The molecule has 11 nitrogen and oxygen atoms in total. The van der Waals surface area contributed by atoms with Gasteiger partial charge in [0.2, 0.25) is 13.6 Å². The van der Waals surface area contributed by atoms with Crippen molar-refractivity contribution in [1.29, 1.82) is 0 Å². The minimum Gasteiger partial charge on any atom is -0.478 e. The minimum atomic E-state index is -1.26. The minimum absolute atomic E-state index is 0.0218. The van der Waals surface area contributed by atoms with Gasteiger partial charge in [0, 0.05) is 46.9 Å². The lowest BCUT2D eigenvalue weighted by Gasteiger charge is -2.30. The van der Waals surface area contributed by atoms with Crippen LogP contribution in [0.5, 0.6) is 23.0 Å². The number of carbonyl (C=O) groups is 2. The van der Waals surface area contributed by atoms with Gasteiger partial charge in [-0.25, -0.2) is 9.59 Å². The number of hydrogen-bond acceptors (Lipinski definition) is 10. The molecule has 284 valence electrons. The molecular formula is C43H41NO10S. The van der Waals surface area contributed by atoms with Gasteiger partial charge in [0.05, 0.1) is 25.4 Å². The van der Waals surface area contributed by atoms with Crippen LogP contribution in [0.1, 0.15) is 47.3 Å². The summed E-state index contributed by atoms with van der Waals surface area (Å²) in [6.45, 7) is 4.29. The summed E-state index contributed by atoms with van der Waals surface area (Å²) >= 11 is 1.91. The fourth-order valence-corrected chi connectivity index (χ4v) is 8.95. The molecule has 3 saturated heterocycles. The maximum Gasteiger partial charge on any atom is 0.328 e. The molecule has 4 unspecified atom stereocenters. The molecule has 0 amide bonds. The molecule has 0 aliphatic carbocycles. The van der Waals surface area contributed by atoms with Gasteiger partial charge in [-0.3, -0.25) is 0 Å². The van der Waals surface area contributed by atoms with Gasteiger partial charge < -0.3 is 43.5 Å². The summed E-state index contributed by atoms with van der Waals surface area (Å²) in [4.78, 5) is 24.3. The lowest BCUT2D eigenvalue weighted by Crippen LogP contribution is -2.27. The summed E-state index contributed by atoms with van der Waals surface area (Å²) in [7, 11) is 2.22. The summed E-state index contributed by atoms with van der Waals surface area (Å²) in [5, 5.41) is 15.6. The van der Waals surface area contributed by atoms with E-state index in [4.69, 9.17) is 38.6 Å². The van der Waals surface area contributed by atoms with Crippen LogP contribution in [0.4, 0.5) is 0 Å². The zero-order chi connectivity index (χ0) is 37.9. The molecule has 55 heavy (non-hydrogen) atoms. The van der Waals surface area contributed by atoms with E-state index in [1.807, 2.05) is 36.0 Å². The number of carboxylic acids is 2. The number of aliphatic carboxylic acids is 2. The SMILES string of the molecule is CN1CCC(=C2c3ccccc3Sc3ccccc32)CC1.O=C(O)C=CC(=O)O.c1cc2c(cc1C1OCC3C(c4ccc5c(c4)OCO5)OCC13)OCO2. The van der Waals surface area contributed by atoms with E-state index in [-0.39, 0.29) is 25.8 Å². The van der Waals surface area contributed by atoms with Crippen LogP contribution in [0.15, 0.2) is 112 Å². The van der Waals surface area contributed by atoms with Gasteiger partial charge in [0.15, 0.2) is 23.0 Å². The number of benzene rings is 4. The predicted octanol–water partition coefficient (Wildman–Crippen LogP) is 7.61. The molecule has 3 fully saturated rings. The van der Waals surface area contributed by atoms with Crippen molar-refractivity contribution in [3.63, 3.8) is 0 Å². The van der Waals surface area contributed by atoms with Gasteiger partial charge in [-0.1, -0.05) is 65.9 Å². The Morgan fingerprint density at radius 2 is 1.11 bits per heavy atom. The van der Waals surface area contributed by atoms with Crippen molar-refractivity contribution in [3.05, 3.63) is 125 Å². The average molecular weight is 764 g/mol. The van der Waals surface area contributed by atoms with Gasteiger partial charge in [-0.2, -0.15) is 0 Å². The standard InChI is InChI=1S/C20H18O6.C19H19NS.C4H4O4/c1-3-15-17(25-9-23-15)5-11(1)19-13-7-22-20(14(13)8-21-19)12-2-4-16-18(6-12)26-10-24-16;1-20-12-10-14(11-13-20)19-15-6-2-4-8-17(15)21-18-9-5-3-7-16(18)19;5-3(6)1-2-4(7)8/h1-6,13-14,19-20H,7-10H2;2-9H,10-13H2,1H3;1-2H,(H,5,6)(H,7,8). The number of rotatable bonds is 4. The highest BCUT2D eigenvalue weighted by Gasteiger charge is 2.48. The molecule has 2 N–H and O–H groups in total. The molecule has 6 aliphatic heterocycles. The molecule has 6 heterocycles. The highest BCUT2D eigenvalue weighted by Crippen LogP contribution is 2.52. The van der Waals surface area contributed by atoms with Crippen LogP contribution in [0.2, 0.25) is 0 Å². The highest BCUT2D eigenvalue weighted by molar-refractivity contribution is 7.99. The molecule has 0 bridgehead atoms. The molecule has 0 radical (unpaired) electrons. The number of likely N-dealkylation sites (tertiary alicyclic amines) is 1. The smallest absolute Gasteiger partial charge is 0.328 e. The van der Waals surface area contributed by atoms with Crippen LogP contribution >= 0.6 is 11.8 Å². The van der Waals surface area contributed by atoms with Crippen LogP contribution in [0, 0.1) is 11.8 Å². The Hall–Kier alpha value is -5.27. The zero-order valence-corrected chi connectivity index (χ0v) is 31.0. The maximum absolute atomic E-state index is 9.55. The van der Waals surface area contributed by atoms with Gasteiger partial charge in [0.1, 0.15) is 0 Å². The van der Waals surface area contributed by atoms with E-state index in [0.717, 1.165) is 34.1 Å². The van der Waals surface area contributed by atoms with E-state index in [0.29, 0.717) is 37.2 Å². The van der Waals surface area contributed by atoms with Crippen molar-refractivity contribution in [2.24, 2.45) is 11.8 Å². The van der Waals surface area contributed by atoms with Crippen LogP contribution in [0.3, 0.4) is 0 Å². The maximum atomic E-state index is 9.55. The monoisotopic (exact) mass is 763 g/mol. The number of hydrogen-bond donors (Lipinski definition) is 2. The Kier molecular flexibility index (Phi) is 10.8. The van der Waals surface area contributed by atoms with E-state index in [2.05, 4.69) is 72.6 Å². The van der Waals surface area contributed by atoms with Crippen molar-refractivity contribution in [3.8, 4) is 23.0 Å². The number of piperidine rings is 1. The normalized spacial score (nSPS) is 22.9. The number of carboxylic acid groups (broad SMARTS) is 2. The third kappa shape index (κ3) is 7.95. The number of ether oxygens (including phenoxy) is 6. The lowest BCUT2D eigenvalue weighted by atomic mass is 9.85. The van der Waals surface area contributed by atoms with Gasteiger partial charge in [-0.05, 0) is 84.1 Å². The molecule has 10 rings (SSSR count). The lowest BCUT2D eigenvalue weighted by molar-refractivity contribution is -0.134. The molecule has 0 spiro atoms. The highest BCUT2D eigenvalue weighted by atomic mass is 32.2. The van der Waals surface area contributed by atoms with Crippen molar-refractivity contribution < 1.29 is 48.2 Å². The molecule has 0 saturated carbocycles. The summed E-state index contributed by atoms with van der Waals surface area (Å²) in [5.74, 6) is 1.31. The first-order valence-corrected chi connectivity index (χ1v) is 19.1. The molecule has 0 aromatic heterocycles. The Bertz CT molecular complexity index is 2000. The zero-order valence-electron chi connectivity index (χ0n) is 30.2. The quantitative estimate of drug-likeness (QED) is 0.175. The predicted molar refractivity (Wildman–Crippen MR) is 204 cm³/mol. The summed E-state index contributed by atoms with van der Waals surface area (Å²) < 4.78 is 34.2. The molecule has 4 aromatic rings. The Labute approximate surface area is 323 Å². The van der Waals surface area contributed by atoms with Crippen molar-refractivity contribution >= 4 is 29.3 Å². The molecule has 4 atom stereocenters. The fourth-order valence-electron chi connectivity index (χ4n) is 7.86. The van der Waals surface area contributed by atoms with E-state index in [1.165, 1.54) is 52.4 Å². The van der Waals surface area contributed by atoms with Gasteiger partial charge in [0.25, 0.3) is 0 Å². The Morgan fingerprint density at radius 3 is 1.58 bits per heavy atom. The Balaban J connectivity index is 0.000000133. The van der Waals surface area contributed by atoms with Crippen molar-refractivity contribution in [2.75, 3.05) is 46.9 Å². The topological polar surface area (TPSA) is 133 Å². The number of fused-ring (bicyclic) bond motifs is 5. The van der Waals surface area contributed by atoms with Crippen LogP contribution in [-0.2, 0) is 19.1 Å². The largest absolute Gasteiger partial charge is 0.478 e. The average Bonchev–Trinajstić information content (AvgIpc) is 4.02. The van der Waals surface area contributed by atoms with E-state index in [1.54, 1.807) is 5.57 Å². The summed E-state index contributed by atoms with van der Waals surface area (Å²) in [5.41, 5.74) is 8.25. The Morgan fingerprint density at radius 1 is 0.655 bits per heavy atom. The van der Waals surface area contributed by atoms with Gasteiger partial charge >= 0.3 is 11.9 Å². The summed E-state index contributed by atoms with van der Waals surface area (Å²) in [6, 6.07) is 29.8. The number of nitrogens with zero attached hydrogens (tertiary/aromatic N) is 1. The second-order valence-electron chi connectivity index (χ2n) is 13.9. The first-order valence-electron chi connectivity index (χ1n) is 18.3. The van der Waals surface area contributed by atoms with Crippen LogP contribution in [0.25, 0.3) is 5.57 Å². The third-order valence-corrected chi connectivity index (χ3v) is 11.7.